The van der Waals surface area contributed by atoms with Crippen molar-refractivity contribution < 1.29 is 25.2 Å². The lowest BCUT2D eigenvalue weighted by Crippen LogP contribution is -2.53. The highest BCUT2D eigenvalue weighted by Gasteiger charge is 2.28. The van der Waals surface area contributed by atoms with E-state index in [4.69, 9.17) is 0 Å². The zero-order valence-corrected chi connectivity index (χ0v) is 27.0. The summed E-state index contributed by atoms with van der Waals surface area (Å²) in [7, 11) is 0. The van der Waals surface area contributed by atoms with Gasteiger partial charge >= 0.3 is 0 Å². The zero-order valence-electron chi connectivity index (χ0n) is 27.0. The maximum absolute atomic E-state index is 12.4. The van der Waals surface area contributed by atoms with Gasteiger partial charge in [0.25, 0.3) is 0 Å². The second-order valence-corrected chi connectivity index (χ2v) is 11.5. The van der Waals surface area contributed by atoms with E-state index >= 15 is 0 Å². The minimum Gasteiger partial charge on any atom is -0.394 e. The van der Waals surface area contributed by atoms with Crippen LogP contribution in [0.2, 0.25) is 0 Å². The largest absolute Gasteiger partial charge is 0.394 e. The van der Waals surface area contributed by atoms with E-state index in [1.807, 2.05) is 0 Å². The van der Waals surface area contributed by atoms with Crippen LogP contribution in [0.4, 0.5) is 0 Å². The minimum absolute atomic E-state index is 0.341. The third-order valence-electron chi connectivity index (χ3n) is 7.47. The van der Waals surface area contributed by atoms with Gasteiger partial charge in [-0.15, -0.1) is 0 Å². The van der Waals surface area contributed by atoms with Gasteiger partial charge in [-0.05, 0) is 83.5 Å². The van der Waals surface area contributed by atoms with Gasteiger partial charge in [0.2, 0.25) is 5.91 Å². The summed E-state index contributed by atoms with van der Waals surface area (Å²) in [6, 6.07) is -1.01. The highest BCUT2D eigenvalue weighted by molar-refractivity contribution is 5.80. The predicted molar refractivity (Wildman–Crippen MR) is 177 cm³/mol. The van der Waals surface area contributed by atoms with Crippen molar-refractivity contribution in [2.24, 2.45) is 0 Å². The van der Waals surface area contributed by atoms with Crippen molar-refractivity contribution in [2.45, 2.75) is 167 Å². The highest BCUT2D eigenvalue weighted by Crippen LogP contribution is 2.12. The first-order valence-corrected chi connectivity index (χ1v) is 17.0. The van der Waals surface area contributed by atoms with E-state index in [1.165, 1.54) is 38.5 Å². The van der Waals surface area contributed by atoms with Gasteiger partial charge in [-0.2, -0.15) is 0 Å². The Morgan fingerprint density at radius 1 is 0.571 bits per heavy atom. The molecular formula is C36H65NO5. The molecule has 6 heteroatoms. The summed E-state index contributed by atoms with van der Waals surface area (Å²) in [5.41, 5.74) is 0. The van der Waals surface area contributed by atoms with E-state index in [0.717, 1.165) is 70.6 Å². The normalized spacial score (nSPS) is 15.3. The van der Waals surface area contributed by atoms with Crippen LogP contribution in [0.3, 0.4) is 0 Å². The molecule has 5 N–H and O–H groups in total. The number of nitrogens with one attached hydrogen (secondary N) is 1. The van der Waals surface area contributed by atoms with Gasteiger partial charge in [-0.1, -0.05) is 107 Å². The molecule has 1 amide bonds. The van der Waals surface area contributed by atoms with Gasteiger partial charge in [0.1, 0.15) is 12.2 Å². The van der Waals surface area contributed by atoms with Gasteiger partial charge in [0, 0.05) is 0 Å². The van der Waals surface area contributed by atoms with E-state index in [0.29, 0.717) is 19.3 Å². The fourth-order valence-electron chi connectivity index (χ4n) is 4.65. The molecule has 0 aromatic heterocycles. The van der Waals surface area contributed by atoms with Crippen molar-refractivity contribution in [2.75, 3.05) is 6.61 Å². The van der Waals surface area contributed by atoms with Crippen LogP contribution in [-0.4, -0.2) is 57.3 Å². The Labute approximate surface area is 258 Å². The maximum Gasteiger partial charge on any atom is 0.249 e. The quantitative estimate of drug-likeness (QED) is 0.0454. The number of carbonyl (C=O) groups excluding carboxylic acids is 1. The van der Waals surface area contributed by atoms with Gasteiger partial charge < -0.3 is 25.7 Å². The summed E-state index contributed by atoms with van der Waals surface area (Å²) in [5, 5.41) is 43.2. The van der Waals surface area contributed by atoms with E-state index in [9.17, 15) is 25.2 Å². The van der Waals surface area contributed by atoms with Gasteiger partial charge in [-0.25, -0.2) is 0 Å². The fourth-order valence-corrected chi connectivity index (χ4v) is 4.65. The molecule has 0 aromatic carbocycles. The lowest BCUT2D eigenvalue weighted by atomic mass is 10.00. The van der Waals surface area contributed by atoms with Crippen molar-refractivity contribution in [3.05, 3.63) is 48.6 Å². The molecule has 244 valence electrons. The molecule has 0 aliphatic carbocycles. The first kappa shape index (κ1) is 40.3. The molecule has 0 spiro atoms. The molecule has 0 aliphatic heterocycles. The zero-order chi connectivity index (χ0) is 31.1. The number of unbranched alkanes of at least 4 members (excludes halogenated alkanes) is 12. The average Bonchev–Trinajstić information content (AvgIpc) is 2.99. The Bertz CT molecular complexity index is 718. The van der Waals surface area contributed by atoms with Crippen LogP contribution in [0.15, 0.2) is 48.6 Å². The number of aliphatic hydroxyl groups excluding tert-OH is 4. The molecule has 0 aromatic rings. The van der Waals surface area contributed by atoms with E-state index in [2.05, 4.69) is 67.8 Å². The molecule has 0 aliphatic rings. The number of rotatable bonds is 29. The second kappa shape index (κ2) is 30.7. The monoisotopic (exact) mass is 591 g/mol. The molecule has 0 saturated heterocycles. The first-order chi connectivity index (χ1) is 20.5. The fraction of sp³-hybridized carbons (Fsp3) is 0.750. The Kier molecular flexibility index (Phi) is 29.5. The molecule has 0 saturated carbocycles. The minimum atomic E-state index is -1.29. The van der Waals surface area contributed by atoms with Crippen molar-refractivity contribution in [3.8, 4) is 0 Å². The maximum atomic E-state index is 12.4. The molecule has 0 heterocycles. The lowest BCUT2D eigenvalue weighted by Gasteiger charge is -2.27. The molecule has 4 unspecified atom stereocenters. The van der Waals surface area contributed by atoms with E-state index < -0.39 is 36.9 Å². The van der Waals surface area contributed by atoms with Crippen LogP contribution < -0.4 is 5.32 Å². The van der Waals surface area contributed by atoms with Gasteiger partial charge in [0.05, 0.1) is 18.8 Å². The van der Waals surface area contributed by atoms with E-state index in [-0.39, 0.29) is 0 Å². The van der Waals surface area contributed by atoms with Gasteiger partial charge in [0.15, 0.2) is 0 Å². The van der Waals surface area contributed by atoms with Crippen LogP contribution in [0, 0.1) is 0 Å². The third-order valence-corrected chi connectivity index (χ3v) is 7.47. The molecule has 4 atom stereocenters. The standard InChI is InChI=1S/C36H65NO5/c1-3-5-7-9-11-13-15-16-17-18-19-20-22-23-25-27-29-33(39)35(41)32(31-38)37-36(42)34(40)30-28-26-24-21-14-12-10-8-6-4-2/h10-13,17-18,22-23,32-35,38-41H,3-9,14-16,19-21,24-31H2,1-2H3,(H,37,42)/b12-10-,13-11+,18-17+,23-22+. The lowest BCUT2D eigenvalue weighted by molar-refractivity contribution is -0.132. The molecule has 0 radical (unpaired) electrons. The summed E-state index contributed by atoms with van der Waals surface area (Å²) >= 11 is 0. The topological polar surface area (TPSA) is 110 Å². The van der Waals surface area contributed by atoms with Gasteiger partial charge in [-0.3, -0.25) is 4.79 Å². The number of amides is 1. The highest BCUT2D eigenvalue weighted by atomic mass is 16.3. The number of hydrogen-bond acceptors (Lipinski definition) is 5. The van der Waals surface area contributed by atoms with Crippen LogP contribution in [0.1, 0.15) is 142 Å². The third kappa shape index (κ3) is 24.8. The summed E-state index contributed by atoms with van der Waals surface area (Å²) in [4.78, 5) is 12.4. The second-order valence-electron chi connectivity index (χ2n) is 11.5. The van der Waals surface area contributed by atoms with Crippen LogP contribution in [0.25, 0.3) is 0 Å². The van der Waals surface area contributed by atoms with Crippen LogP contribution in [0.5, 0.6) is 0 Å². The number of aliphatic hydroxyl groups is 4. The molecule has 6 nitrogen and oxygen atoms in total. The summed E-state index contributed by atoms with van der Waals surface area (Å²) in [5.74, 6) is -0.616. The number of hydrogen-bond donors (Lipinski definition) is 5. The Morgan fingerprint density at radius 2 is 1.02 bits per heavy atom. The Morgan fingerprint density at radius 3 is 1.55 bits per heavy atom. The van der Waals surface area contributed by atoms with Crippen LogP contribution >= 0.6 is 0 Å². The van der Waals surface area contributed by atoms with Crippen molar-refractivity contribution in [3.63, 3.8) is 0 Å². The average molecular weight is 592 g/mol. The summed E-state index contributed by atoms with van der Waals surface area (Å²) in [6.07, 6.45) is 34.2. The van der Waals surface area contributed by atoms with E-state index in [1.54, 1.807) is 0 Å². The Balaban J connectivity index is 3.99. The number of allylic oxidation sites excluding steroid dienone is 8. The molecule has 0 rings (SSSR count). The number of carbonyl (C=O) groups is 1. The Hall–Kier alpha value is -1.73. The van der Waals surface area contributed by atoms with Crippen molar-refractivity contribution in [1.82, 2.24) is 5.32 Å². The van der Waals surface area contributed by atoms with Crippen molar-refractivity contribution in [1.29, 1.82) is 0 Å². The summed E-state index contributed by atoms with van der Waals surface area (Å²) in [6.45, 7) is 3.91. The molecule has 0 fully saturated rings. The van der Waals surface area contributed by atoms with Crippen LogP contribution in [-0.2, 0) is 4.79 Å². The SMILES string of the molecule is CCCC/C=C\CCCCCCC(O)C(=O)NC(CO)C(O)C(O)CCC/C=C/CC/C=C/CC/C=C/CCCCC. The molecular weight excluding hydrogens is 526 g/mol. The predicted octanol–water partition coefficient (Wildman–Crippen LogP) is 7.61. The smallest absolute Gasteiger partial charge is 0.249 e. The summed E-state index contributed by atoms with van der Waals surface area (Å²) < 4.78 is 0. The molecule has 0 bridgehead atoms. The molecule has 42 heavy (non-hydrogen) atoms. The van der Waals surface area contributed by atoms with Crippen molar-refractivity contribution >= 4 is 5.91 Å². The first-order valence-electron chi connectivity index (χ1n) is 17.0.